The summed E-state index contributed by atoms with van der Waals surface area (Å²) in [6.07, 6.45) is 1.38. The van der Waals surface area contributed by atoms with Gasteiger partial charge in [0.2, 0.25) is 0 Å². The van der Waals surface area contributed by atoms with Crippen LogP contribution in [0.25, 0.3) is 0 Å². The summed E-state index contributed by atoms with van der Waals surface area (Å²) >= 11 is 1.78. The van der Waals surface area contributed by atoms with Crippen molar-refractivity contribution >= 4 is 23.8 Å². The van der Waals surface area contributed by atoms with Crippen molar-refractivity contribution in [1.29, 1.82) is 0 Å². The molecule has 2 N–H and O–H groups in total. The molecule has 1 heterocycles. The Morgan fingerprint density at radius 2 is 2.09 bits per heavy atom. The van der Waals surface area contributed by atoms with E-state index in [0.29, 0.717) is 19.5 Å². The number of benzene rings is 1. The summed E-state index contributed by atoms with van der Waals surface area (Å²) < 4.78 is 0. The van der Waals surface area contributed by atoms with Gasteiger partial charge in [0.1, 0.15) is 0 Å². The number of amides is 2. The molecule has 1 aliphatic rings. The number of carboxylic acid groups (broad SMARTS) is 1. The van der Waals surface area contributed by atoms with Crippen molar-refractivity contribution in [3.8, 4) is 0 Å². The zero-order valence-electron chi connectivity index (χ0n) is 13.6. The maximum absolute atomic E-state index is 12.3. The van der Waals surface area contributed by atoms with Crippen molar-refractivity contribution in [2.75, 3.05) is 18.8 Å². The molecule has 0 radical (unpaired) electrons. The number of aliphatic carboxylic acids is 1. The largest absolute Gasteiger partial charge is 0.481 e. The highest BCUT2D eigenvalue weighted by Gasteiger charge is 2.28. The first-order valence-electron chi connectivity index (χ1n) is 8.02. The van der Waals surface area contributed by atoms with Crippen LogP contribution in [0, 0.1) is 5.92 Å². The number of likely N-dealkylation sites (tertiary alicyclic amines) is 1. The molecule has 2 atom stereocenters. The lowest BCUT2D eigenvalue weighted by Crippen LogP contribution is -2.47. The van der Waals surface area contributed by atoms with Gasteiger partial charge >= 0.3 is 12.0 Å². The summed E-state index contributed by atoms with van der Waals surface area (Å²) in [7, 11) is 0. The van der Waals surface area contributed by atoms with Crippen LogP contribution >= 0.6 is 11.8 Å². The van der Waals surface area contributed by atoms with Crippen molar-refractivity contribution in [1.82, 2.24) is 10.2 Å². The highest BCUT2D eigenvalue weighted by Crippen LogP contribution is 2.21. The first kappa shape index (κ1) is 17.7. The van der Waals surface area contributed by atoms with Crippen molar-refractivity contribution in [2.24, 2.45) is 5.92 Å². The first-order chi connectivity index (χ1) is 11.0. The number of nitrogens with zero attached hydrogens (tertiary/aromatic N) is 1. The van der Waals surface area contributed by atoms with Gasteiger partial charge in [-0.05, 0) is 43.2 Å². The second-order valence-corrected chi connectivity index (χ2v) is 7.13. The third kappa shape index (κ3) is 4.89. The predicted octanol–water partition coefficient (Wildman–Crippen LogP) is 3.37. The van der Waals surface area contributed by atoms with Gasteiger partial charge in [-0.2, -0.15) is 0 Å². The molecule has 0 bridgehead atoms. The fourth-order valence-electron chi connectivity index (χ4n) is 2.74. The molecule has 1 saturated heterocycles. The Bertz CT molecular complexity index is 547. The quantitative estimate of drug-likeness (QED) is 0.809. The molecule has 126 valence electrons. The van der Waals surface area contributed by atoms with E-state index < -0.39 is 11.9 Å². The molecule has 1 aliphatic heterocycles. The molecule has 0 spiro atoms. The van der Waals surface area contributed by atoms with Gasteiger partial charge in [-0.15, -0.1) is 11.8 Å². The summed E-state index contributed by atoms with van der Waals surface area (Å²) in [5, 5.41) is 12.1. The first-order valence-corrected chi connectivity index (χ1v) is 9.00. The van der Waals surface area contributed by atoms with Crippen molar-refractivity contribution in [3.05, 3.63) is 29.8 Å². The number of hydrogen-bond donors (Lipinski definition) is 2. The van der Waals surface area contributed by atoms with E-state index in [1.807, 2.05) is 19.1 Å². The number of carbonyl (C=O) groups is 2. The van der Waals surface area contributed by atoms with Gasteiger partial charge in [-0.1, -0.05) is 19.1 Å². The fourth-order valence-corrected chi connectivity index (χ4v) is 3.40. The fraction of sp³-hybridized carbons (Fsp3) is 0.529. The van der Waals surface area contributed by atoms with Crippen LogP contribution in [0.5, 0.6) is 0 Å². The van der Waals surface area contributed by atoms with Crippen LogP contribution in [0.15, 0.2) is 29.2 Å². The number of nitrogens with one attached hydrogen (secondary N) is 1. The highest BCUT2D eigenvalue weighted by molar-refractivity contribution is 7.99. The number of piperidine rings is 1. The van der Waals surface area contributed by atoms with Crippen LogP contribution < -0.4 is 5.32 Å². The van der Waals surface area contributed by atoms with Crippen LogP contribution in [0.3, 0.4) is 0 Å². The van der Waals surface area contributed by atoms with Gasteiger partial charge in [0.25, 0.3) is 0 Å². The number of thioether (sulfide) groups is 1. The van der Waals surface area contributed by atoms with Crippen molar-refractivity contribution < 1.29 is 14.7 Å². The van der Waals surface area contributed by atoms with E-state index in [2.05, 4.69) is 24.4 Å². The zero-order valence-corrected chi connectivity index (χ0v) is 14.4. The minimum atomic E-state index is -0.820. The Labute approximate surface area is 141 Å². The summed E-state index contributed by atoms with van der Waals surface area (Å²) in [4.78, 5) is 26.3. The molecule has 2 rings (SSSR count). The molecule has 2 unspecified atom stereocenters. The van der Waals surface area contributed by atoms with Crippen LogP contribution in [-0.4, -0.2) is 40.8 Å². The van der Waals surface area contributed by atoms with Crippen LogP contribution in [0.1, 0.15) is 38.3 Å². The molecule has 6 heteroatoms. The van der Waals surface area contributed by atoms with Crippen molar-refractivity contribution in [2.45, 2.75) is 37.6 Å². The lowest BCUT2D eigenvalue weighted by atomic mass is 9.98. The highest BCUT2D eigenvalue weighted by atomic mass is 32.2. The van der Waals surface area contributed by atoms with Gasteiger partial charge in [0.15, 0.2) is 0 Å². The summed E-state index contributed by atoms with van der Waals surface area (Å²) in [5.74, 6) is -0.236. The number of urea groups is 1. The topological polar surface area (TPSA) is 69.6 Å². The van der Waals surface area contributed by atoms with Crippen LogP contribution in [-0.2, 0) is 4.79 Å². The Morgan fingerprint density at radius 1 is 1.39 bits per heavy atom. The zero-order chi connectivity index (χ0) is 16.8. The molecule has 1 aromatic rings. The average molecular weight is 336 g/mol. The van der Waals surface area contributed by atoms with E-state index >= 15 is 0 Å². The lowest BCUT2D eigenvalue weighted by Gasteiger charge is -2.31. The molecule has 0 aromatic heterocycles. The molecule has 2 amide bonds. The van der Waals surface area contributed by atoms with Gasteiger partial charge in [-0.25, -0.2) is 4.79 Å². The maximum atomic E-state index is 12.3. The van der Waals surface area contributed by atoms with E-state index in [4.69, 9.17) is 5.11 Å². The van der Waals surface area contributed by atoms with E-state index in [1.165, 1.54) is 4.90 Å². The van der Waals surface area contributed by atoms with Gasteiger partial charge in [0, 0.05) is 18.0 Å². The average Bonchev–Trinajstić information content (AvgIpc) is 2.55. The van der Waals surface area contributed by atoms with E-state index in [-0.39, 0.29) is 12.1 Å². The molecule has 0 saturated carbocycles. The summed E-state index contributed by atoms with van der Waals surface area (Å²) in [5.41, 5.74) is 1.05. The Morgan fingerprint density at radius 3 is 2.70 bits per heavy atom. The summed E-state index contributed by atoms with van der Waals surface area (Å²) in [6, 6.07) is 7.89. The van der Waals surface area contributed by atoms with Gasteiger partial charge < -0.3 is 15.3 Å². The standard InChI is InChI=1S/C17H24N2O3S/c1-3-23-15-8-6-13(7-9-15)12(2)18-17(22)19-10-4-5-14(11-19)16(20)21/h6-9,12,14H,3-5,10-11H2,1-2H3,(H,18,22)(H,20,21). The predicted molar refractivity (Wildman–Crippen MR) is 91.7 cm³/mol. The number of rotatable bonds is 5. The third-order valence-electron chi connectivity index (χ3n) is 4.09. The molecule has 0 aliphatic carbocycles. The maximum Gasteiger partial charge on any atom is 0.317 e. The minimum absolute atomic E-state index is 0.103. The normalized spacial score (nSPS) is 19.2. The number of carbonyl (C=O) groups excluding carboxylic acids is 1. The van der Waals surface area contributed by atoms with Gasteiger partial charge in [0.05, 0.1) is 12.0 Å². The third-order valence-corrected chi connectivity index (χ3v) is 4.98. The molecular formula is C17H24N2O3S. The van der Waals surface area contributed by atoms with E-state index in [9.17, 15) is 9.59 Å². The molecule has 23 heavy (non-hydrogen) atoms. The number of hydrogen-bond acceptors (Lipinski definition) is 3. The van der Waals surface area contributed by atoms with Crippen LogP contribution in [0.2, 0.25) is 0 Å². The number of carboxylic acids is 1. The molecule has 1 aromatic carbocycles. The van der Waals surface area contributed by atoms with Crippen molar-refractivity contribution in [3.63, 3.8) is 0 Å². The Balaban J connectivity index is 1.92. The SMILES string of the molecule is CCSc1ccc(C(C)NC(=O)N2CCCC(C(=O)O)C2)cc1. The minimum Gasteiger partial charge on any atom is -0.481 e. The van der Waals surface area contributed by atoms with E-state index in [0.717, 1.165) is 17.7 Å². The molecule has 1 fully saturated rings. The molecular weight excluding hydrogens is 312 g/mol. The Kier molecular flexibility index (Phi) is 6.33. The van der Waals surface area contributed by atoms with E-state index in [1.54, 1.807) is 16.7 Å². The molecule has 5 nitrogen and oxygen atoms in total. The Hall–Kier alpha value is -1.69. The second kappa shape index (κ2) is 8.24. The monoisotopic (exact) mass is 336 g/mol. The smallest absolute Gasteiger partial charge is 0.317 e. The van der Waals surface area contributed by atoms with Gasteiger partial charge in [-0.3, -0.25) is 4.79 Å². The summed E-state index contributed by atoms with van der Waals surface area (Å²) in [6.45, 7) is 4.97. The van der Waals surface area contributed by atoms with Crippen LogP contribution in [0.4, 0.5) is 4.79 Å². The lowest BCUT2D eigenvalue weighted by molar-refractivity contribution is -0.143. The second-order valence-electron chi connectivity index (χ2n) is 5.80.